The summed E-state index contributed by atoms with van der Waals surface area (Å²) in [6.07, 6.45) is 2.02. The molecular weight excluding hydrogens is 286 g/mol. The van der Waals surface area contributed by atoms with E-state index in [1.807, 2.05) is 24.3 Å². The predicted molar refractivity (Wildman–Crippen MR) is 84.4 cm³/mol. The number of amides is 1. The van der Waals surface area contributed by atoms with Crippen molar-refractivity contribution in [2.24, 2.45) is 5.92 Å². The molecule has 1 fully saturated rings. The Hall–Kier alpha value is -1.73. The van der Waals surface area contributed by atoms with Crippen LogP contribution in [0.2, 0.25) is 0 Å². The van der Waals surface area contributed by atoms with Crippen molar-refractivity contribution in [3.63, 3.8) is 0 Å². The van der Waals surface area contributed by atoms with Crippen LogP contribution in [-0.2, 0) is 4.79 Å². The number of para-hydroxylation sites is 1. The van der Waals surface area contributed by atoms with Crippen LogP contribution in [0.15, 0.2) is 24.3 Å². The second-order valence-corrected chi connectivity index (χ2v) is 6.08. The molecule has 0 aromatic heterocycles. The molecule has 5 heteroatoms. The van der Waals surface area contributed by atoms with E-state index in [4.69, 9.17) is 16.9 Å². The fourth-order valence-corrected chi connectivity index (χ4v) is 2.68. The van der Waals surface area contributed by atoms with Gasteiger partial charge in [0.05, 0.1) is 11.3 Å². The molecule has 1 saturated heterocycles. The molecule has 0 spiro atoms. The topological polar surface area (TPSA) is 56.1 Å². The molecule has 1 N–H and O–H groups in total. The van der Waals surface area contributed by atoms with Crippen LogP contribution < -0.4 is 10.2 Å². The van der Waals surface area contributed by atoms with Gasteiger partial charge in [-0.25, -0.2) is 0 Å². The highest BCUT2D eigenvalue weighted by atomic mass is 35.5. The molecule has 4 nitrogen and oxygen atoms in total. The molecule has 1 aliphatic rings. The van der Waals surface area contributed by atoms with Crippen LogP contribution in [0.3, 0.4) is 0 Å². The number of benzene rings is 1. The van der Waals surface area contributed by atoms with E-state index in [2.05, 4.69) is 16.3 Å². The zero-order valence-corrected chi connectivity index (χ0v) is 12.9. The highest BCUT2D eigenvalue weighted by Gasteiger charge is 2.21. The van der Waals surface area contributed by atoms with Gasteiger partial charge in [-0.1, -0.05) is 12.1 Å². The summed E-state index contributed by atoms with van der Waals surface area (Å²) in [6, 6.07) is 9.94. The first kappa shape index (κ1) is 15.7. The number of carbonyl (C=O) groups excluding carboxylic acids is 1. The van der Waals surface area contributed by atoms with Crippen LogP contribution in [0.1, 0.15) is 25.3 Å². The smallest absolute Gasteiger partial charge is 0.237 e. The fourth-order valence-electron chi connectivity index (χ4n) is 2.61. The molecule has 0 aliphatic carbocycles. The van der Waals surface area contributed by atoms with Gasteiger partial charge in [0.2, 0.25) is 5.91 Å². The lowest BCUT2D eigenvalue weighted by molar-refractivity contribution is -0.120. The number of hydrogen-bond donors (Lipinski definition) is 1. The minimum Gasteiger partial charge on any atom is -0.370 e. The molecular formula is C16H20ClN3O. The van der Waals surface area contributed by atoms with Crippen molar-refractivity contribution in [1.29, 1.82) is 5.26 Å². The largest absolute Gasteiger partial charge is 0.370 e. The third-order valence-corrected chi connectivity index (χ3v) is 4.10. The third-order valence-electron chi connectivity index (χ3n) is 3.91. The number of nitrogens with one attached hydrogen (secondary N) is 1. The first-order valence-electron chi connectivity index (χ1n) is 7.27. The molecule has 112 valence electrons. The van der Waals surface area contributed by atoms with Gasteiger partial charge in [-0.3, -0.25) is 4.79 Å². The molecule has 2 rings (SSSR count). The first-order chi connectivity index (χ1) is 10.1. The maximum Gasteiger partial charge on any atom is 0.237 e. The monoisotopic (exact) mass is 305 g/mol. The number of anilines is 1. The van der Waals surface area contributed by atoms with E-state index in [0.29, 0.717) is 12.5 Å². The normalized spacial score (nSPS) is 17.1. The standard InChI is InChI=1S/C16H20ClN3O/c1-12(17)16(21)19-11-13-6-8-20(9-7-13)15-5-3-2-4-14(15)10-18/h2-5,12-13H,6-9,11H2,1H3,(H,19,21). The SMILES string of the molecule is CC(Cl)C(=O)NCC1CCN(c2ccccc2C#N)CC1. The second-order valence-electron chi connectivity index (χ2n) is 5.42. The van der Waals surface area contributed by atoms with Gasteiger partial charge >= 0.3 is 0 Å². The van der Waals surface area contributed by atoms with E-state index in [9.17, 15) is 4.79 Å². The highest BCUT2D eigenvalue weighted by Crippen LogP contribution is 2.25. The lowest BCUT2D eigenvalue weighted by Gasteiger charge is -2.34. The minimum atomic E-state index is -0.479. The fraction of sp³-hybridized carbons (Fsp3) is 0.500. The van der Waals surface area contributed by atoms with E-state index in [-0.39, 0.29) is 5.91 Å². The van der Waals surface area contributed by atoms with E-state index >= 15 is 0 Å². The Morgan fingerprint density at radius 2 is 2.14 bits per heavy atom. The Labute approximate surface area is 130 Å². The van der Waals surface area contributed by atoms with Crippen molar-refractivity contribution in [2.75, 3.05) is 24.5 Å². The minimum absolute atomic E-state index is 0.103. The molecule has 1 heterocycles. The number of piperidine rings is 1. The van der Waals surface area contributed by atoms with Gasteiger partial charge in [0.15, 0.2) is 0 Å². The Morgan fingerprint density at radius 1 is 1.48 bits per heavy atom. The van der Waals surface area contributed by atoms with Crippen molar-refractivity contribution in [2.45, 2.75) is 25.1 Å². The zero-order valence-electron chi connectivity index (χ0n) is 12.2. The summed E-state index contributed by atoms with van der Waals surface area (Å²) in [5, 5.41) is 11.6. The number of hydrogen-bond acceptors (Lipinski definition) is 3. The van der Waals surface area contributed by atoms with Gasteiger partial charge in [0.25, 0.3) is 0 Å². The summed E-state index contributed by atoms with van der Waals surface area (Å²) >= 11 is 5.73. The van der Waals surface area contributed by atoms with Crippen molar-refractivity contribution in [3.8, 4) is 6.07 Å². The van der Waals surface area contributed by atoms with Crippen LogP contribution in [0.25, 0.3) is 0 Å². The average Bonchev–Trinajstić information content (AvgIpc) is 2.53. The Balaban J connectivity index is 1.86. The third kappa shape index (κ3) is 4.12. The van der Waals surface area contributed by atoms with E-state index in [1.165, 1.54) is 0 Å². The van der Waals surface area contributed by atoms with Gasteiger partial charge in [-0.15, -0.1) is 11.6 Å². The number of nitriles is 1. The molecule has 1 atom stereocenters. The molecule has 1 aromatic rings. The van der Waals surface area contributed by atoms with E-state index in [0.717, 1.165) is 37.2 Å². The number of rotatable bonds is 4. The molecule has 1 unspecified atom stereocenters. The summed E-state index contributed by atoms with van der Waals surface area (Å²) in [7, 11) is 0. The van der Waals surface area contributed by atoms with Crippen LogP contribution in [0, 0.1) is 17.2 Å². The summed E-state index contributed by atoms with van der Waals surface area (Å²) in [4.78, 5) is 13.7. The number of carbonyl (C=O) groups is 1. The van der Waals surface area contributed by atoms with Crippen LogP contribution in [0.4, 0.5) is 5.69 Å². The summed E-state index contributed by atoms with van der Waals surface area (Å²) in [5.41, 5.74) is 1.73. The van der Waals surface area contributed by atoms with Crippen molar-refractivity contribution in [1.82, 2.24) is 5.32 Å². The lowest BCUT2D eigenvalue weighted by Crippen LogP contribution is -2.40. The molecule has 0 saturated carbocycles. The number of halogens is 1. The molecule has 0 bridgehead atoms. The Kier molecular flexibility index (Phi) is 5.46. The van der Waals surface area contributed by atoms with Crippen LogP contribution >= 0.6 is 11.6 Å². The lowest BCUT2D eigenvalue weighted by atomic mass is 9.96. The van der Waals surface area contributed by atoms with Gasteiger partial charge in [0.1, 0.15) is 11.4 Å². The van der Waals surface area contributed by atoms with Gasteiger partial charge in [0, 0.05) is 19.6 Å². The second kappa shape index (κ2) is 7.33. The maximum absolute atomic E-state index is 11.5. The maximum atomic E-state index is 11.5. The molecule has 0 radical (unpaired) electrons. The number of alkyl halides is 1. The van der Waals surface area contributed by atoms with Crippen LogP contribution in [0.5, 0.6) is 0 Å². The first-order valence-corrected chi connectivity index (χ1v) is 7.71. The predicted octanol–water partition coefficient (Wildman–Crippen LogP) is 2.52. The number of nitrogens with zero attached hydrogens (tertiary/aromatic N) is 2. The molecule has 1 aromatic carbocycles. The van der Waals surface area contributed by atoms with Crippen molar-refractivity contribution < 1.29 is 4.79 Å². The van der Waals surface area contributed by atoms with Crippen LogP contribution in [-0.4, -0.2) is 30.9 Å². The molecule has 1 aliphatic heterocycles. The molecule has 21 heavy (non-hydrogen) atoms. The van der Waals surface area contributed by atoms with Crippen molar-refractivity contribution >= 4 is 23.2 Å². The van der Waals surface area contributed by atoms with E-state index < -0.39 is 5.38 Å². The highest BCUT2D eigenvalue weighted by molar-refractivity contribution is 6.30. The summed E-state index contributed by atoms with van der Waals surface area (Å²) < 4.78 is 0. The van der Waals surface area contributed by atoms with E-state index in [1.54, 1.807) is 6.92 Å². The Bertz CT molecular complexity index is 531. The van der Waals surface area contributed by atoms with Gasteiger partial charge < -0.3 is 10.2 Å². The summed E-state index contributed by atoms with van der Waals surface area (Å²) in [5.74, 6) is 0.379. The molecule has 1 amide bonds. The Morgan fingerprint density at radius 3 is 2.76 bits per heavy atom. The van der Waals surface area contributed by atoms with Gasteiger partial charge in [-0.05, 0) is 37.8 Å². The summed E-state index contributed by atoms with van der Waals surface area (Å²) in [6.45, 7) is 4.19. The van der Waals surface area contributed by atoms with Crippen molar-refractivity contribution in [3.05, 3.63) is 29.8 Å². The van der Waals surface area contributed by atoms with Gasteiger partial charge in [-0.2, -0.15) is 5.26 Å². The zero-order chi connectivity index (χ0) is 15.2. The quantitative estimate of drug-likeness (QED) is 0.870. The average molecular weight is 306 g/mol.